The molecule has 1 aliphatic carbocycles. The Morgan fingerprint density at radius 3 is 2.87 bits per heavy atom. The van der Waals surface area contributed by atoms with Crippen molar-refractivity contribution in [2.75, 3.05) is 20.2 Å². The van der Waals surface area contributed by atoms with Crippen LogP contribution >= 0.6 is 0 Å². The number of ether oxygens (including phenoxy) is 1. The van der Waals surface area contributed by atoms with Crippen LogP contribution in [0.25, 0.3) is 0 Å². The molecular weight excluding hydrogens is 198 g/mol. The molecule has 5 nitrogen and oxygen atoms in total. The van der Waals surface area contributed by atoms with Crippen molar-refractivity contribution in [1.82, 2.24) is 4.90 Å². The van der Waals surface area contributed by atoms with Crippen LogP contribution in [0.1, 0.15) is 19.3 Å². The van der Waals surface area contributed by atoms with Crippen LogP contribution in [0.3, 0.4) is 0 Å². The van der Waals surface area contributed by atoms with Crippen molar-refractivity contribution in [3.63, 3.8) is 0 Å². The highest BCUT2D eigenvalue weighted by Crippen LogP contribution is 2.50. The SMILES string of the molecule is COC1CC2(CCN(CC(=O)O)C2=O)C1. The van der Waals surface area contributed by atoms with E-state index in [0.29, 0.717) is 6.54 Å². The first-order valence-corrected chi connectivity index (χ1v) is 5.11. The minimum atomic E-state index is -0.942. The number of hydrogen-bond donors (Lipinski definition) is 1. The average molecular weight is 213 g/mol. The summed E-state index contributed by atoms with van der Waals surface area (Å²) in [6.07, 6.45) is 2.45. The second kappa shape index (κ2) is 3.48. The van der Waals surface area contributed by atoms with E-state index in [-0.39, 0.29) is 24.0 Å². The highest BCUT2D eigenvalue weighted by molar-refractivity contribution is 5.88. The van der Waals surface area contributed by atoms with Crippen LogP contribution in [0.2, 0.25) is 0 Å². The lowest BCUT2D eigenvalue weighted by Gasteiger charge is -2.42. The van der Waals surface area contributed by atoms with Gasteiger partial charge in [0.15, 0.2) is 0 Å². The Balaban J connectivity index is 1.97. The summed E-state index contributed by atoms with van der Waals surface area (Å²) in [5, 5.41) is 8.63. The second-order valence-electron chi connectivity index (χ2n) is 4.42. The molecule has 84 valence electrons. The Labute approximate surface area is 88.0 Å². The normalized spacial score (nSPS) is 34.6. The number of amides is 1. The smallest absolute Gasteiger partial charge is 0.323 e. The van der Waals surface area contributed by atoms with Gasteiger partial charge in [-0.2, -0.15) is 0 Å². The zero-order valence-electron chi connectivity index (χ0n) is 8.73. The monoisotopic (exact) mass is 213 g/mol. The van der Waals surface area contributed by atoms with Crippen LogP contribution in [-0.4, -0.2) is 48.2 Å². The second-order valence-corrected chi connectivity index (χ2v) is 4.42. The maximum Gasteiger partial charge on any atom is 0.323 e. The average Bonchev–Trinajstić information content (AvgIpc) is 2.41. The largest absolute Gasteiger partial charge is 0.480 e. The summed E-state index contributed by atoms with van der Waals surface area (Å²) in [6.45, 7) is 0.403. The summed E-state index contributed by atoms with van der Waals surface area (Å²) in [4.78, 5) is 23.9. The lowest BCUT2D eigenvalue weighted by molar-refractivity contribution is -0.153. The highest BCUT2D eigenvalue weighted by Gasteiger charge is 2.55. The van der Waals surface area contributed by atoms with E-state index in [1.165, 1.54) is 4.90 Å². The van der Waals surface area contributed by atoms with Gasteiger partial charge in [-0.15, -0.1) is 0 Å². The number of hydrogen-bond acceptors (Lipinski definition) is 3. The third kappa shape index (κ3) is 1.61. The first-order valence-electron chi connectivity index (χ1n) is 5.11. The van der Waals surface area contributed by atoms with Crippen molar-refractivity contribution < 1.29 is 19.4 Å². The molecular formula is C10H15NO4. The number of likely N-dealkylation sites (tertiary alicyclic amines) is 1. The molecule has 0 aromatic rings. The van der Waals surface area contributed by atoms with Crippen LogP contribution in [0.5, 0.6) is 0 Å². The topological polar surface area (TPSA) is 66.8 Å². The van der Waals surface area contributed by atoms with Gasteiger partial charge in [-0.1, -0.05) is 0 Å². The molecule has 2 fully saturated rings. The molecule has 0 atom stereocenters. The first kappa shape index (κ1) is 10.4. The molecule has 0 unspecified atom stereocenters. The molecule has 0 bridgehead atoms. The molecule has 2 aliphatic rings. The molecule has 5 heteroatoms. The van der Waals surface area contributed by atoms with E-state index in [2.05, 4.69) is 0 Å². The Morgan fingerprint density at radius 2 is 2.33 bits per heavy atom. The van der Waals surface area contributed by atoms with Crippen LogP contribution in [-0.2, 0) is 14.3 Å². The van der Waals surface area contributed by atoms with Gasteiger partial charge in [0, 0.05) is 13.7 Å². The molecule has 1 aliphatic heterocycles. The van der Waals surface area contributed by atoms with Crippen LogP contribution < -0.4 is 0 Å². The van der Waals surface area contributed by atoms with Gasteiger partial charge < -0.3 is 14.7 Å². The van der Waals surface area contributed by atoms with Crippen molar-refractivity contribution in [2.45, 2.75) is 25.4 Å². The fourth-order valence-corrected chi connectivity index (χ4v) is 2.56. The van der Waals surface area contributed by atoms with E-state index >= 15 is 0 Å². The molecule has 0 radical (unpaired) electrons. The predicted octanol–water partition coefficient (Wildman–Crippen LogP) is 0.0985. The maximum absolute atomic E-state index is 11.9. The molecule has 0 aromatic carbocycles. The third-order valence-corrected chi connectivity index (χ3v) is 3.50. The van der Waals surface area contributed by atoms with Gasteiger partial charge in [0.1, 0.15) is 6.54 Å². The highest BCUT2D eigenvalue weighted by atomic mass is 16.5. The van der Waals surface area contributed by atoms with Crippen LogP contribution in [0.4, 0.5) is 0 Å². The summed E-state index contributed by atoms with van der Waals surface area (Å²) in [5.74, 6) is -0.943. The van der Waals surface area contributed by atoms with E-state index < -0.39 is 5.97 Å². The summed E-state index contributed by atoms with van der Waals surface area (Å²) >= 11 is 0. The van der Waals surface area contributed by atoms with Crippen LogP contribution in [0.15, 0.2) is 0 Å². The van der Waals surface area contributed by atoms with Gasteiger partial charge in [0.05, 0.1) is 11.5 Å². The van der Waals surface area contributed by atoms with E-state index in [4.69, 9.17) is 9.84 Å². The number of methoxy groups -OCH3 is 1. The lowest BCUT2D eigenvalue weighted by Crippen LogP contribution is -2.48. The van der Waals surface area contributed by atoms with E-state index in [0.717, 1.165) is 19.3 Å². The van der Waals surface area contributed by atoms with Crippen molar-refractivity contribution in [3.05, 3.63) is 0 Å². The zero-order chi connectivity index (χ0) is 11.1. The molecule has 1 saturated carbocycles. The van der Waals surface area contributed by atoms with Gasteiger partial charge in [-0.25, -0.2) is 0 Å². The van der Waals surface area contributed by atoms with Gasteiger partial charge >= 0.3 is 5.97 Å². The first-order chi connectivity index (χ1) is 7.07. The van der Waals surface area contributed by atoms with Crippen molar-refractivity contribution in [2.24, 2.45) is 5.41 Å². The summed E-state index contributed by atoms with van der Waals surface area (Å²) in [5.41, 5.74) is -0.296. The number of nitrogens with zero attached hydrogens (tertiary/aromatic N) is 1. The molecule has 1 spiro atoms. The van der Waals surface area contributed by atoms with Gasteiger partial charge in [0.2, 0.25) is 5.91 Å². The van der Waals surface area contributed by atoms with Gasteiger partial charge in [-0.05, 0) is 19.3 Å². The number of rotatable bonds is 3. The quantitative estimate of drug-likeness (QED) is 0.722. The molecule has 0 aromatic heterocycles. The minimum absolute atomic E-state index is 0.00167. The Bertz CT molecular complexity index is 296. The summed E-state index contributed by atoms with van der Waals surface area (Å²) < 4.78 is 5.15. The molecule has 1 N–H and O–H groups in total. The minimum Gasteiger partial charge on any atom is -0.480 e. The zero-order valence-corrected chi connectivity index (χ0v) is 8.73. The van der Waals surface area contributed by atoms with E-state index in [1.54, 1.807) is 7.11 Å². The Kier molecular flexibility index (Phi) is 2.42. The predicted molar refractivity (Wildman–Crippen MR) is 51.3 cm³/mol. The number of carbonyl (C=O) groups is 2. The molecule has 1 amide bonds. The molecule has 1 heterocycles. The Morgan fingerprint density at radius 1 is 1.67 bits per heavy atom. The third-order valence-electron chi connectivity index (χ3n) is 3.50. The van der Waals surface area contributed by atoms with E-state index in [9.17, 15) is 9.59 Å². The summed E-state index contributed by atoms with van der Waals surface area (Å²) in [6, 6.07) is 0. The maximum atomic E-state index is 11.9. The Hall–Kier alpha value is -1.10. The number of carbonyl (C=O) groups excluding carboxylic acids is 1. The lowest BCUT2D eigenvalue weighted by atomic mass is 9.65. The van der Waals surface area contributed by atoms with Crippen molar-refractivity contribution >= 4 is 11.9 Å². The standard InChI is InChI=1S/C10H15NO4/c1-15-7-4-10(5-7)2-3-11(9(10)14)6-8(12)13/h7H,2-6H2,1H3,(H,12,13). The molecule has 15 heavy (non-hydrogen) atoms. The molecule has 1 saturated heterocycles. The number of carboxylic acids is 1. The van der Waals surface area contributed by atoms with Crippen molar-refractivity contribution in [1.29, 1.82) is 0 Å². The fraction of sp³-hybridized carbons (Fsp3) is 0.800. The number of carboxylic acid groups (broad SMARTS) is 1. The fourth-order valence-electron chi connectivity index (χ4n) is 2.56. The number of aliphatic carboxylic acids is 1. The van der Waals surface area contributed by atoms with Crippen molar-refractivity contribution in [3.8, 4) is 0 Å². The van der Waals surface area contributed by atoms with E-state index in [1.807, 2.05) is 0 Å². The van der Waals surface area contributed by atoms with Crippen LogP contribution in [0, 0.1) is 5.41 Å². The van der Waals surface area contributed by atoms with Gasteiger partial charge in [-0.3, -0.25) is 9.59 Å². The molecule has 2 rings (SSSR count). The van der Waals surface area contributed by atoms with Gasteiger partial charge in [0.25, 0.3) is 0 Å². The summed E-state index contributed by atoms with van der Waals surface area (Å²) in [7, 11) is 1.64.